The number of likely N-dealkylation sites (tertiary alicyclic amines) is 1. The predicted octanol–water partition coefficient (Wildman–Crippen LogP) is 2.91. The molecule has 2 aromatic carbocycles. The lowest BCUT2D eigenvalue weighted by Gasteiger charge is -2.33. The van der Waals surface area contributed by atoms with Gasteiger partial charge in [-0.15, -0.1) is 0 Å². The van der Waals surface area contributed by atoms with Gasteiger partial charge in [-0.3, -0.25) is 9.69 Å². The van der Waals surface area contributed by atoms with Crippen LogP contribution in [0.15, 0.2) is 54.6 Å². The highest BCUT2D eigenvalue weighted by Gasteiger charge is 2.21. The Balaban J connectivity index is 1.43. The van der Waals surface area contributed by atoms with E-state index in [0.717, 1.165) is 43.9 Å². The number of piperidine rings is 1. The molecule has 3 rings (SSSR count). The standard InChI is InChI=1S/C22H29N3O2/c1-24(20-9-4-3-5-10-20)17-22(26)23-19-12-14-25(15-13-19)16-18-8-6-7-11-21(18)27-2/h3-11,19H,12-17H2,1-2H3,(H,23,26). The van der Waals surface area contributed by atoms with Crippen LogP contribution in [-0.2, 0) is 11.3 Å². The maximum absolute atomic E-state index is 12.4. The Hall–Kier alpha value is -2.53. The first-order chi connectivity index (χ1) is 13.2. The topological polar surface area (TPSA) is 44.8 Å². The van der Waals surface area contributed by atoms with Crippen molar-refractivity contribution in [1.29, 1.82) is 0 Å². The van der Waals surface area contributed by atoms with E-state index in [0.29, 0.717) is 6.54 Å². The molecule has 1 fully saturated rings. The van der Waals surface area contributed by atoms with Gasteiger partial charge in [-0.05, 0) is 31.0 Å². The number of hydrogen-bond acceptors (Lipinski definition) is 4. The van der Waals surface area contributed by atoms with Gasteiger partial charge in [0.15, 0.2) is 0 Å². The molecule has 0 bridgehead atoms. The lowest BCUT2D eigenvalue weighted by atomic mass is 10.0. The number of carbonyl (C=O) groups is 1. The normalized spacial score (nSPS) is 15.3. The molecular weight excluding hydrogens is 338 g/mol. The summed E-state index contributed by atoms with van der Waals surface area (Å²) in [6, 6.07) is 18.4. The van der Waals surface area contributed by atoms with Crippen LogP contribution in [0.4, 0.5) is 5.69 Å². The molecule has 0 atom stereocenters. The number of nitrogens with zero attached hydrogens (tertiary/aromatic N) is 2. The Morgan fingerprint density at radius 2 is 1.78 bits per heavy atom. The summed E-state index contributed by atoms with van der Waals surface area (Å²) in [7, 11) is 3.66. The SMILES string of the molecule is COc1ccccc1CN1CCC(NC(=O)CN(C)c2ccccc2)CC1. The molecule has 5 heteroatoms. The monoisotopic (exact) mass is 367 g/mol. The Morgan fingerprint density at radius 3 is 2.48 bits per heavy atom. The molecule has 5 nitrogen and oxygen atoms in total. The second-order valence-electron chi connectivity index (χ2n) is 7.12. The lowest BCUT2D eigenvalue weighted by Crippen LogP contribution is -2.46. The third-order valence-electron chi connectivity index (χ3n) is 5.12. The van der Waals surface area contributed by atoms with Gasteiger partial charge in [0.05, 0.1) is 13.7 Å². The number of carbonyl (C=O) groups excluding carboxylic acids is 1. The van der Waals surface area contributed by atoms with Crippen molar-refractivity contribution in [2.24, 2.45) is 0 Å². The van der Waals surface area contributed by atoms with Crippen LogP contribution in [0, 0.1) is 0 Å². The van der Waals surface area contributed by atoms with Crippen LogP contribution in [0.25, 0.3) is 0 Å². The third kappa shape index (κ3) is 5.47. The summed E-state index contributed by atoms with van der Waals surface area (Å²) in [6.45, 7) is 3.24. The second-order valence-corrected chi connectivity index (χ2v) is 7.12. The summed E-state index contributed by atoms with van der Waals surface area (Å²) in [5, 5.41) is 3.19. The number of methoxy groups -OCH3 is 1. The molecule has 1 N–H and O–H groups in total. The highest BCUT2D eigenvalue weighted by atomic mass is 16.5. The van der Waals surface area contributed by atoms with E-state index in [1.165, 1.54) is 5.56 Å². The largest absolute Gasteiger partial charge is 0.496 e. The molecule has 1 aliphatic rings. The van der Waals surface area contributed by atoms with Crippen molar-refractivity contribution in [1.82, 2.24) is 10.2 Å². The van der Waals surface area contributed by atoms with Crippen molar-refractivity contribution in [3.63, 3.8) is 0 Å². The number of para-hydroxylation sites is 2. The van der Waals surface area contributed by atoms with E-state index in [2.05, 4.69) is 16.3 Å². The average molecular weight is 367 g/mol. The zero-order valence-corrected chi connectivity index (χ0v) is 16.2. The molecule has 2 aromatic rings. The minimum absolute atomic E-state index is 0.0875. The fraction of sp³-hybridized carbons (Fsp3) is 0.409. The van der Waals surface area contributed by atoms with Gasteiger partial charge in [0.25, 0.3) is 0 Å². The van der Waals surface area contributed by atoms with Crippen LogP contribution in [0.1, 0.15) is 18.4 Å². The van der Waals surface area contributed by atoms with Crippen molar-refractivity contribution in [2.75, 3.05) is 38.7 Å². The van der Waals surface area contributed by atoms with Crippen LogP contribution in [-0.4, -0.2) is 50.6 Å². The van der Waals surface area contributed by atoms with E-state index in [4.69, 9.17) is 4.74 Å². The number of anilines is 1. The van der Waals surface area contributed by atoms with Crippen molar-refractivity contribution in [3.05, 3.63) is 60.2 Å². The molecule has 144 valence electrons. The number of rotatable bonds is 7. The number of amides is 1. The summed E-state index contributed by atoms with van der Waals surface area (Å²) >= 11 is 0. The van der Waals surface area contributed by atoms with E-state index >= 15 is 0 Å². The van der Waals surface area contributed by atoms with Gasteiger partial charge in [0.2, 0.25) is 5.91 Å². The van der Waals surface area contributed by atoms with Crippen LogP contribution < -0.4 is 15.0 Å². The minimum Gasteiger partial charge on any atom is -0.496 e. The molecule has 1 heterocycles. The Morgan fingerprint density at radius 1 is 1.11 bits per heavy atom. The van der Waals surface area contributed by atoms with Crippen molar-refractivity contribution in [3.8, 4) is 5.75 Å². The van der Waals surface area contributed by atoms with Crippen LogP contribution >= 0.6 is 0 Å². The summed E-state index contributed by atoms with van der Waals surface area (Å²) in [5.74, 6) is 1.03. The average Bonchev–Trinajstić information content (AvgIpc) is 2.70. The summed E-state index contributed by atoms with van der Waals surface area (Å²) in [6.07, 6.45) is 1.96. The van der Waals surface area contributed by atoms with Crippen molar-refractivity contribution < 1.29 is 9.53 Å². The van der Waals surface area contributed by atoms with Gasteiger partial charge in [0, 0.05) is 44.0 Å². The lowest BCUT2D eigenvalue weighted by molar-refractivity contribution is -0.120. The molecule has 0 spiro atoms. The molecule has 1 amide bonds. The second kappa shape index (κ2) is 9.42. The molecule has 0 saturated carbocycles. The number of nitrogens with one attached hydrogen (secondary N) is 1. The van der Waals surface area contributed by atoms with Gasteiger partial charge in [-0.1, -0.05) is 36.4 Å². The first-order valence-electron chi connectivity index (χ1n) is 9.55. The maximum atomic E-state index is 12.4. The fourth-order valence-corrected chi connectivity index (χ4v) is 3.57. The first kappa shape index (κ1) is 19.2. The third-order valence-corrected chi connectivity index (χ3v) is 5.12. The Kier molecular flexibility index (Phi) is 6.71. The van der Waals surface area contributed by atoms with E-state index in [1.807, 2.05) is 60.5 Å². The van der Waals surface area contributed by atoms with Gasteiger partial charge < -0.3 is 15.0 Å². The molecule has 0 unspecified atom stereocenters. The Bertz CT molecular complexity index is 727. The van der Waals surface area contributed by atoms with E-state index in [1.54, 1.807) is 7.11 Å². The van der Waals surface area contributed by atoms with Crippen molar-refractivity contribution >= 4 is 11.6 Å². The number of benzene rings is 2. The molecule has 0 radical (unpaired) electrons. The quantitative estimate of drug-likeness (QED) is 0.817. The maximum Gasteiger partial charge on any atom is 0.239 e. The first-order valence-corrected chi connectivity index (χ1v) is 9.55. The minimum atomic E-state index is 0.0875. The number of ether oxygens (including phenoxy) is 1. The van der Waals surface area contributed by atoms with Gasteiger partial charge in [-0.25, -0.2) is 0 Å². The van der Waals surface area contributed by atoms with E-state index in [-0.39, 0.29) is 11.9 Å². The van der Waals surface area contributed by atoms with E-state index in [9.17, 15) is 4.79 Å². The smallest absolute Gasteiger partial charge is 0.239 e. The highest BCUT2D eigenvalue weighted by molar-refractivity contribution is 5.81. The highest BCUT2D eigenvalue weighted by Crippen LogP contribution is 2.21. The molecule has 0 aromatic heterocycles. The Labute approximate surface area is 161 Å². The van der Waals surface area contributed by atoms with Crippen LogP contribution in [0.2, 0.25) is 0 Å². The molecule has 0 aliphatic carbocycles. The number of hydrogen-bond donors (Lipinski definition) is 1. The molecular formula is C22H29N3O2. The summed E-state index contributed by atoms with van der Waals surface area (Å²) in [4.78, 5) is 16.8. The predicted molar refractivity (Wildman–Crippen MR) is 109 cm³/mol. The van der Waals surface area contributed by atoms with Gasteiger partial charge >= 0.3 is 0 Å². The van der Waals surface area contributed by atoms with Crippen LogP contribution in [0.5, 0.6) is 5.75 Å². The molecule has 1 saturated heterocycles. The summed E-state index contributed by atoms with van der Waals surface area (Å²) in [5.41, 5.74) is 2.27. The van der Waals surface area contributed by atoms with Gasteiger partial charge in [-0.2, -0.15) is 0 Å². The zero-order valence-electron chi connectivity index (χ0n) is 16.2. The van der Waals surface area contributed by atoms with Crippen LogP contribution in [0.3, 0.4) is 0 Å². The number of likely N-dealkylation sites (N-methyl/N-ethyl adjacent to an activating group) is 1. The molecule has 27 heavy (non-hydrogen) atoms. The van der Waals surface area contributed by atoms with E-state index < -0.39 is 0 Å². The van der Waals surface area contributed by atoms with Gasteiger partial charge in [0.1, 0.15) is 5.75 Å². The summed E-state index contributed by atoms with van der Waals surface area (Å²) < 4.78 is 5.45. The van der Waals surface area contributed by atoms with Crippen molar-refractivity contribution in [2.45, 2.75) is 25.4 Å². The fourth-order valence-electron chi connectivity index (χ4n) is 3.57. The zero-order chi connectivity index (χ0) is 19.1. The molecule has 1 aliphatic heterocycles.